The molecule has 0 fully saturated rings. The molecule has 1 heterocycles. The Balaban J connectivity index is 2.31. The van der Waals surface area contributed by atoms with E-state index in [2.05, 4.69) is 10.4 Å². The van der Waals surface area contributed by atoms with E-state index in [1.54, 1.807) is 0 Å². The lowest BCUT2D eigenvalue weighted by atomic mass is 10.3. The fraction of sp³-hybridized carbons (Fsp3) is 0.0909. The number of aromatic nitrogens is 2. The van der Waals surface area contributed by atoms with E-state index in [0.29, 0.717) is 10.7 Å². The predicted molar refractivity (Wildman–Crippen MR) is 74.3 cm³/mol. The minimum Gasteiger partial charge on any atom is -0.319 e. The fourth-order valence-electron chi connectivity index (χ4n) is 1.54. The molecule has 0 spiro atoms. The third-order valence-electron chi connectivity index (χ3n) is 2.40. The molecule has 1 aromatic heterocycles. The van der Waals surface area contributed by atoms with Crippen molar-refractivity contribution >= 4 is 40.5 Å². The number of hydrogen-bond donors (Lipinski definition) is 1. The summed E-state index contributed by atoms with van der Waals surface area (Å²) in [6, 6.07) is 4.48. The number of rotatable bonds is 3. The molecule has 2 rings (SSSR count). The lowest BCUT2D eigenvalue weighted by Gasteiger charge is -2.05. The smallest absolute Gasteiger partial charge is 0.319 e. The Bertz CT molecular complexity index is 699. The molecule has 0 radical (unpaired) electrons. The second-order valence-electron chi connectivity index (χ2n) is 3.87. The molecule has 0 aliphatic rings. The van der Waals surface area contributed by atoms with Crippen molar-refractivity contribution in [3.8, 4) is 0 Å². The average molecular weight is 315 g/mol. The number of amides is 1. The summed E-state index contributed by atoms with van der Waals surface area (Å²) in [5.41, 5.74) is -0.375. The Morgan fingerprint density at radius 2 is 2.15 bits per heavy atom. The van der Waals surface area contributed by atoms with Gasteiger partial charge in [0.1, 0.15) is 6.20 Å². The summed E-state index contributed by atoms with van der Waals surface area (Å²) in [6.45, 7) is 0. The van der Waals surface area contributed by atoms with Crippen LogP contribution < -0.4 is 5.32 Å². The van der Waals surface area contributed by atoms with Crippen LogP contribution in [0.4, 0.5) is 11.4 Å². The summed E-state index contributed by atoms with van der Waals surface area (Å²) < 4.78 is 1.19. The highest BCUT2D eigenvalue weighted by Crippen LogP contribution is 2.26. The summed E-state index contributed by atoms with van der Waals surface area (Å²) in [5, 5.41) is 17.7. The Morgan fingerprint density at radius 3 is 2.75 bits per heavy atom. The molecular weight excluding hydrogens is 307 g/mol. The first-order chi connectivity index (χ1) is 9.38. The maximum atomic E-state index is 12.0. The summed E-state index contributed by atoms with van der Waals surface area (Å²) >= 11 is 11.6. The average Bonchev–Trinajstić information content (AvgIpc) is 2.75. The number of benzene rings is 1. The van der Waals surface area contributed by atoms with Gasteiger partial charge in [-0.15, -0.1) is 0 Å². The summed E-state index contributed by atoms with van der Waals surface area (Å²) in [5.74, 6) is -0.721. The monoisotopic (exact) mass is 314 g/mol. The molecule has 104 valence electrons. The number of nitro groups is 1. The highest BCUT2D eigenvalue weighted by molar-refractivity contribution is 6.36. The molecule has 0 bridgehead atoms. The van der Waals surface area contributed by atoms with E-state index in [-0.39, 0.29) is 16.4 Å². The zero-order chi connectivity index (χ0) is 14.9. The number of nitrogens with zero attached hydrogens (tertiary/aromatic N) is 3. The molecule has 9 heteroatoms. The van der Waals surface area contributed by atoms with Crippen LogP contribution in [0.5, 0.6) is 0 Å². The van der Waals surface area contributed by atoms with Crippen LogP contribution in [0.15, 0.2) is 24.4 Å². The van der Waals surface area contributed by atoms with Gasteiger partial charge in [-0.1, -0.05) is 23.2 Å². The number of halogens is 2. The molecule has 1 N–H and O–H groups in total. The largest absolute Gasteiger partial charge is 0.320 e. The molecule has 0 saturated carbocycles. The van der Waals surface area contributed by atoms with Crippen molar-refractivity contribution in [2.24, 2.45) is 7.05 Å². The molecule has 0 aliphatic heterocycles. The molecule has 2 aromatic rings. The van der Waals surface area contributed by atoms with Crippen LogP contribution in [0.25, 0.3) is 0 Å². The second kappa shape index (κ2) is 5.48. The van der Waals surface area contributed by atoms with Crippen molar-refractivity contribution < 1.29 is 9.72 Å². The Morgan fingerprint density at radius 1 is 1.45 bits per heavy atom. The summed E-state index contributed by atoms with van der Waals surface area (Å²) in [7, 11) is 1.49. The Hall–Kier alpha value is -2.12. The van der Waals surface area contributed by atoms with Gasteiger partial charge in [0, 0.05) is 12.1 Å². The highest BCUT2D eigenvalue weighted by Gasteiger charge is 2.25. The van der Waals surface area contributed by atoms with E-state index in [4.69, 9.17) is 23.2 Å². The topological polar surface area (TPSA) is 90.1 Å². The highest BCUT2D eigenvalue weighted by atomic mass is 35.5. The van der Waals surface area contributed by atoms with E-state index in [1.807, 2.05) is 0 Å². The fourth-order valence-corrected chi connectivity index (χ4v) is 2.00. The van der Waals surface area contributed by atoms with Crippen LogP contribution in [-0.2, 0) is 7.05 Å². The maximum absolute atomic E-state index is 12.0. The van der Waals surface area contributed by atoms with Crippen LogP contribution in [-0.4, -0.2) is 20.6 Å². The van der Waals surface area contributed by atoms with E-state index >= 15 is 0 Å². The van der Waals surface area contributed by atoms with Gasteiger partial charge in [-0.2, -0.15) is 5.10 Å². The van der Waals surface area contributed by atoms with Crippen LogP contribution in [0.2, 0.25) is 10.0 Å². The van der Waals surface area contributed by atoms with Crippen molar-refractivity contribution in [2.75, 3.05) is 5.32 Å². The minimum absolute atomic E-state index is 0.226. The third kappa shape index (κ3) is 2.89. The predicted octanol–water partition coefficient (Wildman–Crippen LogP) is 2.89. The first-order valence-corrected chi connectivity index (χ1v) is 6.08. The molecule has 7 nitrogen and oxygen atoms in total. The molecule has 20 heavy (non-hydrogen) atoms. The van der Waals surface area contributed by atoms with Crippen molar-refractivity contribution in [3.63, 3.8) is 0 Å². The van der Waals surface area contributed by atoms with E-state index in [0.717, 1.165) is 6.20 Å². The number of carbonyl (C=O) groups is 1. The van der Waals surface area contributed by atoms with Crippen molar-refractivity contribution in [2.45, 2.75) is 0 Å². The maximum Gasteiger partial charge on any atom is 0.320 e. The van der Waals surface area contributed by atoms with E-state index < -0.39 is 10.8 Å². The van der Waals surface area contributed by atoms with Gasteiger partial charge in [-0.25, -0.2) is 0 Å². The van der Waals surface area contributed by atoms with Gasteiger partial charge in [-0.3, -0.25) is 19.6 Å². The molecule has 1 aromatic carbocycles. The first-order valence-electron chi connectivity index (χ1n) is 5.33. The van der Waals surface area contributed by atoms with Crippen molar-refractivity contribution in [1.29, 1.82) is 0 Å². The van der Waals surface area contributed by atoms with Gasteiger partial charge in [-0.05, 0) is 18.2 Å². The molecular formula is C11H8Cl2N4O3. The van der Waals surface area contributed by atoms with Crippen LogP contribution in [0.1, 0.15) is 10.5 Å². The lowest BCUT2D eigenvalue weighted by molar-refractivity contribution is -0.385. The van der Waals surface area contributed by atoms with Crippen molar-refractivity contribution in [3.05, 3.63) is 50.2 Å². The van der Waals surface area contributed by atoms with E-state index in [1.165, 1.54) is 29.9 Å². The minimum atomic E-state index is -0.721. The number of carbonyl (C=O) groups excluding carboxylic acids is 1. The van der Waals surface area contributed by atoms with Gasteiger partial charge in [0.05, 0.1) is 15.6 Å². The van der Waals surface area contributed by atoms with Crippen molar-refractivity contribution in [1.82, 2.24) is 9.78 Å². The number of nitrogens with one attached hydrogen (secondary N) is 1. The standard InChI is InChI=1S/C11H8Cl2N4O3/c1-16-5-9(17(19)20)10(15-16)11(18)14-8-3-2-6(12)4-7(8)13/h2-5H,1H3,(H,14,18). The number of aryl methyl sites for hydroxylation is 1. The second-order valence-corrected chi connectivity index (χ2v) is 4.72. The summed E-state index contributed by atoms with van der Waals surface area (Å²) in [4.78, 5) is 22.2. The molecule has 1 amide bonds. The van der Waals surface area contributed by atoms with Gasteiger partial charge in [0.2, 0.25) is 5.69 Å². The van der Waals surface area contributed by atoms with Gasteiger partial charge >= 0.3 is 5.69 Å². The van der Waals surface area contributed by atoms with Crippen LogP contribution >= 0.6 is 23.2 Å². The number of hydrogen-bond acceptors (Lipinski definition) is 4. The van der Waals surface area contributed by atoms with Gasteiger partial charge in [0.25, 0.3) is 5.91 Å². The normalized spacial score (nSPS) is 10.3. The zero-order valence-corrected chi connectivity index (χ0v) is 11.6. The first kappa shape index (κ1) is 14.3. The van der Waals surface area contributed by atoms with Gasteiger partial charge < -0.3 is 5.32 Å². The number of anilines is 1. The zero-order valence-electron chi connectivity index (χ0n) is 10.1. The quantitative estimate of drug-likeness (QED) is 0.696. The molecule has 0 saturated heterocycles. The molecule has 0 aliphatic carbocycles. The summed E-state index contributed by atoms with van der Waals surface area (Å²) in [6.07, 6.45) is 1.15. The SMILES string of the molecule is Cn1cc([N+](=O)[O-])c(C(=O)Nc2ccc(Cl)cc2Cl)n1. The Labute approximate surface area is 123 Å². The van der Waals surface area contributed by atoms with Crippen LogP contribution in [0, 0.1) is 10.1 Å². The Kier molecular flexibility index (Phi) is 3.91. The van der Waals surface area contributed by atoms with Gasteiger partial charge in [0.15, 0.2) is 0 Å². The van der Waals surface area contributed by atoms with Crippen LogP contribution in [0.3, 0.4) is 0 Å². The lowest BCUT2D eigenvalue weighted by Crippen LogP contribution is -2.14. The third-order valence-corrected chi connectivity index (χ3v) is 2.95. The molecule has 0 atom stereocenters. The molecule has 0 unspecified atom stereocenters. The van der Waals surface area contributed by atoms with E-state index in [9.17, 15) is 14.9 Å².